The molecule has 0 fully saturated rings. The zero-order valence-corrected chi connectivity index (χ0v) is 15.6. The van der Waals surface area contributed by atoms with Gasteiger partial charge in [-0.3, -0.25) is 4.79 Å². The third-order valence-corrected chi connectivity index (χ3v) is 4.84. The van der Waals surface area contributed by atoms with Gasteiger partial charge in [0.15, 0.2) is 4.34 Å². The molecular weight excluding hydrogens is 330 g/mol. The van der Waals surface area contributed by atoms with Crippen molar-refractivity contribution in [2.75, 3.05) is 11.1 Å². The van der Waals surface area contributed by atoms with Gasteiger partial charge in [-0.2, -0.15) is 0 Å². The quantitative estimate of drug-likeness (QED) is 0.639. The van der Waals surface area contributed by atoms with E-state index in [2.05, 4.69) is 41.5 Å². The predicted octanol–water partition coefficient (Wildman–Crippen LogP) is 4.33. The number of carbonyl (C=O) groups excluding carboxylic acids is 1. The number of ether oxygens (including phenoxy) is 1. The van der Waals surface area contributed by atoms with E-state index in [1.54, 1.807) is 0 Å². The molecule has 1 aromatic heterocycles. The number of carbonyl (C=O) groups is 1. The van der Waals surface area contributed by atoms with Crippen molar-refractivity contribution >= 4 is 39.9 Å². The molecule has 0 amide bonds. The molecule has 0 spiro atoms. The number of hydrogen-bond acceptors (Lipinski definition) is 7. The van der Waals surface area contributed by atoms with E-state index in [9.17, 15) is 4.79 Å². The van der Waals surface area contributed by atoms with Crippen LogP contribution in [0.5, 0.6) is 0 Å². The van der Waals surface area contributed by atoms with Crippen molar-refractivity contribution in [1.29, 1.82) is 0 Å². The minimum absolute atomic E-state index is 0.232. The summed E-state index contributed by atoms with van der Waals surface area (Å²) in [6.07, 6.45) is 0. The van der Waals surface area contributed by atoms with Crippen molar-refractivity contribution in [3.8, 4) is 0 Å². The summed E-state index contributed by atoms with van der Waals surface area (Å²) in [7, 11) is 0. The number of aromatic nitrogens is 2. The van der Waals surface area contributed by atoms with Crippen LogP contribution in [0.15, 0.2) is 22.5 Å². The van der Waals surface area contributed by atoms with Gasteiger partial charge in [-0.05, 0) is 57.9 Å². The molecule has 0 aliphatic carbocycles. The van der Waals surface area contributed by atoms with Crippen LogP contribution in [-0.4, -0.2) is 27.5 Å². The lowest BCUT2D eigenvalue weighted by atomic mass is 10.1. The second-order valence-electron chi connectivity index (χ2n) is 6.17. The summed E-state index contributed by atoms with van der Waals surface area (Å²) in [5.74, 6) is -0.0170. The fourth-order valence-electron chi connectivity index (χ4n) is 1.75. The molecule has 1 heterocycles. The van der Waals surface area contributed by atoms with Crippen LogP contribution in [-0.2, 0) is 9.53 Å². The molecule has 1 aromatic carbocycles. The van der Waals surface area contributed by atoms with Crippen molar-refractivity contribution in [2.24, 2.45) is 0 Å². The lowest BCUT2D eigenvalue weighted by Gasteiger charge is -2.18. The number of benzene rings is 1. The summed E-state index contributed by atoms with van der Waals surface area (Å²) in [5.41, 5.74) is 2.99. The number of nitrogens with zero attached hydrogens (tertiary/aromatic N) is 2. The van der Waals surface area contributed by atoms with Gasteiger partial charge in [-0.15, -0.1) is 10.2 Å². The molecule has 0 aliphatic rings. The molecule has 0 radical (unpaired) electrons. The van der Waals surface area contributed by atoms with Crippen LogP contribution in [0.1, 0.15) is 31.9 Å². The monoisotopic (exact) mass is 351 g/mol. The molecule has 0 aliphatic heterocycles. The van der Waals surface area contributed by atoms with Crippen LogP contribution < -0.4 is 5.32 Å². The number of rotatable bonds is 5. The van der Waals surface area contributed by atoms with E-state index in [-0.39, 0.29) is 11.7 Å². The molecule has 0 saturated carbocycles. The lowest BCUT2D eigenvalue weighted by molar-refractivity contribution is -0.151. The van der Waals surface area contributed by atoms with Crippen molar-refractivity contribution in [3.05, 3.63) is 29.3 Å². The van der Waals surface area contributed by atoms with Crippen molar-refractivity contribution in [1.82, 2.24) is 10.2 Å². The smallest absolute Gasteiger partial charge is 0.316 e. The highest BCUT2D eigenvalue weighted by molar-refractivity contribution is 8.01. The number of esters is 1. The van der Waals surface area contributed by atoms with E-state index >= 15 is 0 Å². The Kier molecular flexibility index (Phi) is 5.64. The first-order valence-electron chi connectivity index (χ1n) is 7.25. The average molecular weight is 351 g/mol. The van der Waals surface area contributed by atoms with Crippen LogP contribution in [0.4, 0.5) is 10.8 Å². The zero-order chi connectivity index (χ0) is 17.0. The summed E-state index contributed by atoms with van der Waals surface area (Å²) in [6, 6.07) is 6.15. The second-order valence-corrected chi connectivity index (χ2v) is 8.37. The first-order valence-corrected chi connectivity index (χ1v) is 9.05. The van der Waals surface area contributed by atoms with Gasteiger partial charge in [0, 0.05) is 5.69 Å². The minimum atomic E-state index is -0.464. The van der Waals surface area contributed by atoms with E-state index in [0.717, 1.165) is 10.0 Å². The molecule has 124 valence electrons. The van der Waals surface area contributed by atoms with Crippen LogP contribution in [0.3, 0.4) is 0 Å². The Morgan fingerprint density at radius 2 is 2.00 bits per heavy atom. The fourth-order valence-corrected chi connectivity index (χ4v) is 3.30. The highest BCUT2D eigenvalue weighted by atomic mass is 32.2. The Hall–Kier alpha value is -1.60. The Bertz CT molecular complexity index is 693. The van der Waals surface area contributed by atoms with Gasteiger partial charge < -0.3 is 10.1 Å². The van der Waals surface area contributed by atoms with E-state index in [0.29, 0.717) is 5.13 Å². The van der Waals surface area contributed by atoms with Crippen LogP contribution >= 0.6 is 23.1 Å². The molecular formula is C16H21N3O2S2. The molecule has 7 heteroatoms. The Labute approximate surface area is 144 Å². The summed E-state index contributed by atoms with van der Waals surface area (Å²) in [6.45, 7) is 9.71. The van der Waals surface area contributed by atoms with E-state index in [4.69, 9.17) is 4.74 Å². The van der Waals surface area contributed by atoms with Gasteiger partial charge in [0.05, 0.1) is 5.75 Å². The van der Waals surface area contributed by atoms with Crippen molar-refractivity contribution in [3.63, 3.8) is 0 Å². The molecule has 0 bridgehead atoms. The third kappa shape index (κ3) is 5.84. The van der Waals surface area contributed by atoms with Crippen LogP contribution in [0.2, 0.25) is 0 Å². The summed E-state index contributed by atoms with van der Waals surface area (Å²) in [4.78, 5) is 11.7. The maximum atomic E-state index is 11.7. The van der Waals surface area contributed by atoms with E-state index in [1.807, 2.05) is 26.8 Å². The van der Waals surface area contributed by atoms with Gasteiger partial charge in [0.25, 0.3) is 0 Å². The van der Waals surface area contributed by atoms with Gasteiger partial charge in [-0.1, -0.05) is 29.2 Å². The van der Waals surface area contributed by atoms with Gasteiger partial charge in [0.1, 0.15) is 5.60 Å². The number of thioether (sulfide) groups is 1. The number of nitrogens with one attached hydrogen (secondary N) is 1. The topological polar surface area (TPSA) is 64.1 Å². The Balaban J connectivity index is 1.90. The number of anilines is 2. The zero-order valence-electron chi connectivity index (χ0n) is 14.0. The highest BCUT2D eigenvalue weighted by Gasteiger charge is 2.17. The van der Waals surface area contributed by atoms with E-state index < -0.39 is 5.60 Å². The predicted molar refractivity (Wildman–Crippen MR) is 95.7 cm³/mol. The third-order valence-electron chi connectivity index (χ3n) is 2.90. The highest BCUT2D eigenvalue weighted by Crippen LogP contribution is 2.28. The number of hydrogen-bond donors (Lipinski definition) is 1. The SMILES string of the molecule is Cc1ccc(Nc2nnc(SCC(=O)OC(C)(C)C)s2)cc1C. The van der Waals surface area contributed by atoms with Gasteiger partial charge in [-0.25, -0.2) is 0 Å². The summed E-state index contributed by atoms with van der Waals surface area (Å²) < 4.78 is 6.01. The standard InChI is InChI=1S/C16H21N3O2S2/c1-10-6-7-12(8-11(10)2)17-14-18-19-15(23-14)22-9-13(20)21-16(3,4)5/h6-8H,9H2,1-5H3,(H,17,18). The van der Waals surface area contributed by atoms with Crippen LogP contribution in [0.25, 0.3) is 0 Å². The molecule has 23 heavy (non-hydrogen) atoms. The molecule has 0 unspecified atom stereocenters. The van der Waals surface area contributed by atoms with Gasteiger partial charge in [0.2, 0.25) is 5.13 Å². The summed E-state index contributed by atoms with van der Waals surface area (Å²) in [5, 5.41) is 12.1. The van der Waals surface area contributed by atoms with E-state index in [1.165, 1.54) is 34.2 Å². The Morgan fingerprint density at radius 1 is 1.26 bits per heavy atom. The Morgan fingerprint density at radius 3 is 2.65 bits per heavy atom. The fraction of sp³-hybridized carbons (Fsp3) is 0.438. The molecule has 1 N–H and O–H groups in total. The molecule has 5 nitrogen and oxygen atoms in total. The molecule has 2 rings (SSSR count). The average Bonchev–Trinajstić information content (AvgIpc) is 2.86. The van der Waals surface area contributed by atoms with Crippen molar-refractivity contribution in [2.45, 2.75) is 44.6 Å². The molecule has 0 saturated heterocycles. The minimum Gasteiger partial charge on any atom is -0.459 e. The maximum Gasteiger partial charge on any atom is 0.316 e. The summed E-state index contributed by atoms with van der Waals surface area (Å²) >= 11 is 2.76. The normalized spacial score (nSPS) is 11.3. The molecule has 0 atom stereocenters. The molecule has 2 aromatic rings. The first kappa shape index (κ1) is 17.7. The second kappa shape index (κ2) is 7.31. The van der Waals surface area contributed by atoms with Gasteiger partial charge >= 0.3 is 5.97 Å². The first-order chi connectivity index (χ1) is 10.7. The maximum absolute atomic E-state index is 11.7. The van der Waals surface area contributed by atoms with Crippen LogP contribution in [0, 0.1) is 13.8 Å². The van der Waals surface area contributed by atoms with Crippen molar-refractivity contribution < 1.29 is 9.53 Å². The lowest BCUT2D eigenvalue weighted by Crippen LogP contribution is -2.24. The largest absolute Gasteiger partial charge is 0.459 e. The number of aryl methyl sites for hydroxylation is 2.